The van der Waals surface area contributed by atoms with E-state index < -0.39 is 0 Å². The van der Waals surface area contributed by atoms with Crippen molar-refractivity contribution >= 4 is 11.6 Å². The smallest absolute Gasteiger partial charge is 0.140 e. The molecule has 15 heavy (non-hydrogen) atoms. The van der Waals surface area contributed by atoms with Gasteiger partial charge >= 0.3 is 0 Å². The highest BCUT2D eigenvalue weighted by Crippen LogP contribution is 2.18. The Hall–Kier alpha value is -1.18. The molecule has 0 aromatic heterocycles. The molecule has 1 atom stereocenters. The molecule has 0 aliphatic heterocycles. The normalized spacial score (nSPS) is 20.7. The average molecular weight is 206 g/mol. The van der Waals surface area contributed by atoms with Crippen LogP contribution in [0.15, 0.2) is 24.3 Å². The summed E-state index contributed by atoms with van der Waals surface area (Å²) in [5.41, 5.74) is 0. The number of carbonyl (C=O) groups excluding carboxylic acids is 2. The van der Waals surface area contributed by atoms with Crippen molar-refractivity contribution in [1.29, 1.82) is 0 Å². The van der Waals surface area contributed by atoms with Crippen molar-refractivity contribution in [3.63, 3.8) is 0 Å². The van der Waals surface area contributed by atoms with Crippen LogP contribution in [0.5, 0.6) is 0 Å². The quantitative estimate of drug-likeness (QED) is 0.663. The van der Waals surface area contributed by atoms with Crippen LogP contribution in [0.25, 0.3) is 0 Å². The van der Waals surface area contributed by atoms with Crippen molar-refractivity contribution in [2.75, 3.05) is 0 Å². The van der Waals surface area contributed by atoms with Gasteiger partial charge in [0.05, 0.1) is 6.42 Å². The topological polar surface area (TPSA) is 34.1 Å². The zero-order valence-corrected chi connectivity index (χ0v) is 9.24. The Labute approximate surface area is 91.1 Å². The first-order chi connectivity index (χ1) is 7.18. The molecule has 0 fully saturated rings. The van der Waals surface area contributed by atoms with E-state index in [1.165, 1.54) is 6.92 Å². The van der Waals surface area contributed by atoms with Gasteiger partial charge in [0, 0.05) is 6.42 Å². The molecule has 1 aliphatic rings. The molecule has 1 rings (SSSR count). The molecular weight excluding hydrogens is 188 g/mol. The van der Waals surface area contributed by atoms with Gasteiger partial charge in [0.2, 0.25) is 0 Å². The predicted molar refractivity (Wildman–Crippen MR) is 60.5 cm³/mol. The van der Waals surface area contributed by atoms with Crippen LogP contribution in [-0.2, 0) is 9.59 Å². The highest BCUT2D eigenvalue weighted by molar-refractivity contribution is 5.98. The third kappa shape index (κ3) is 5.31. The van der Waals surface area contributed by atoms with E-state index >= 15 is 0 Å². The number of allylic oxidation sites excluding steroid dienone is 4. The fourth-order valence-electron chi connectivity index (χ4n) is 1.80. The molecule has 0 saturated carbocycles. The monoisotopic (exact) mass is 206 g/mol. The van der Waals surface area contributed by atoms with Crippen LogP contribution in [0.2, 0.25) is 0 Å². The second-order valence-corrected chi connectivity index (χ2v) is 4.13. The molecule has 0 aromatic rings. The Bertz CT molecular complexity index is 287. The first kappa shape index (κ1) is 11.9. The van der Waals surface area contributed by atoms with E-state index in [1.807, 2.05) is 12.2 Å². The van der Waals surface area contributed by atoms with Crippen LogP contribution in [-0.4, -0.2) is 11.6 Å². The Morgan fingerprint density at radius 2 is 2.13 bits per heavy atom. The van der Waals surface area contributed by atoms with E-state index in [2.05, 4.69) is 12.2 Å². The number of ketones is 2. The minimum atomic E-state index is -0.0327. The average Bonchev–Trinajstić information content (AvgIpc) is 2.08. The number of Topliss-reactive ketones (excluding diaryl/α,β-unsaturated/α-hetero) is 2. The fraction of sp³-hybridized carbons (Fsp3) is 0.538. The van der Waals surface area contributed by atoms with E-state index in [0.717, 1.165) is 19.3 Å². The van der Waals surface area contributed by atoms with Gasteiger partial charge in [-0.25, -0.2) is 0 Å². The number of hydrogen-bond donors (Lipinski definition) is 0. The van der Waals surface area contributed by atoms with Crippen molar-refractivity contribution in [3.8, 4) is 0 Å². The van der Waals surface area contributed by atoms with Crippen LogP contribution in [0.3, 0.4) is 0 Å². The van der Waals surface area contributed by atoms with E-state index in [4.69, 9.17) is 0 Å². The van der Waals surface area contributed by atoms with Crippen LogP contribution in [0.4, 0.5) is 0 Å². The van der Waals surface area contributed by atoms with E-state index in [9.17, 15) is 9.59 Å². The van der Waals surface area contributed by atoms with Crippen LogP contribution in [0.1, 0.15) is 39.0 Å². The molecule has 1 unspecified atom stereocenters. The summed E-state index contributed by atoms with van der Waals surface area (Å²) in [4.78, 5) is 22.2. The van der Waals surface area contributed by atoms with E-state index in [-0.39, 0.29) is 18.0 Å². The molecule has 0 bridgehead atoms. The molecule has 2 heteroatoms. The summed E-state index contributed by atoms with van der Waals surface area (Å²) < 4.78 is 0. The Morgan fingerprint density at radius 3 is 2.87 bits per heavy atom. The minimum Gasteiger partial charge on any atom is -0.300 e. The second-order valence-electron chi connectivity index (χ2n) is 4.13. The third-order valence-electron chi connectivity index (χ3n) is 2.51. The van der Waals surface area contributed by atoms with Crippen molar-refractivity contribution in [2.24, 2.45) is 5.92 Å². The molecule has 0 spiro atoms. The fourth-order valence-corrected chi connectivity index (χ4v) is 1.80. The number of hydrogen-bond acceptors (Lipinski definition) is 2. The molecule has 1 aliphatic carbocycles. The van der Waals surface area contributed by atoms with Gasteiger partial charge in [-0.3, -0.25) is 9.59 Å². The maximum absolute atomic E-state index is 11.4. The summed E-state index contributed by atoms with van der Waals surface area (Å²) in [7, 11) is 0. The molecule has 0 N–H and O–H groups in total. The van der Waals surface area contributed by atoms with Crippen LogP contribution >= 0.6 is 0 Å². The van der Waals surface area contributed by atoms with Crippen molar-refractivity contribution in [3.05, 3.63) is 24.3 Å². The van der Waals surface area contributed by atoms with Gasteiger partial charge in [-0.05, 0) is 32.1 Å². The lowest BCUT2D eigenvalue weighted by atomic mass is 9.93. The van der Waals surface area contributed by atoms with Gasteiger partial charge in [-0.2, -0.15) is 0 Å². The molecule has 82 valence electrons. The van der Waals surface area contributed by atoms with Gasteiger partial charge in [0.25, 0.3) is 0 Å². The zero-order valence-electron chi connectivity index (χ0n) is 9.24. The minimum absolute atomic E-state index is 0.0327. The molecule has 2 nitrogen and oxygen atoms in total. The van der Waals surface area contributed by atoms with Gasteiger partial charge in [-0.1, -0.05) is 24.3 Å². The summed E-state index contributed by atoms with van der Waals surface area (Å²) in [5.74, 6) is 0.359. The van der Waals surface area contributed by atoms with Gasteiger partial charge < -0.3 is 0 Å². The maximum Gasteiger partial charge on any atom is 0.140 e. The lowest BCUT2D eigenvalue weighted by Crippen LogP contribution is -2.10. The summed E-state index contributed by atoms with van der Waals surface area (Å²) in [5, 5.41) is 0. The van der Waals surface area contributed by atoms with Crippen molar-refractivity contribution < 1.29 is 9.59 Å². The Balaban J connectivity index is 2.42. The highest BCUT2D eigenvalue weighted by atomic mass is 16.1. The predicted octanol–water partition coefficient (Wildman–Crippen LogP) is 2.84. The molecule has 0 amide bonds. The third-order valence-corrected chi connectivity index (χ3v) is 2.51. The lowest BCUT2D eigenvalue weighted by Gasteiger charge is -2.11. The highest BCUT2D eigenvalue weighted by Gasteiger charge is 2.12. The lowest BCUT2D eigenvalue weighted by molar-refractivity contribution is -0.126. The van der Waals surface area contributed by atoms with E-state index in [0.29, 0.717) is 12.3 Å². The van der Waals surface area contributed by atoms with Gasteiger partial charge in [0.1, 0.15) is 11.6 Å². The maximum atomic E-state index is 11.4. The standard InChI is InChI=1S/C13H18O2/c1-11(14)9-13(15)10-12-7-5-3-2-4-6-8-12/h2-3,5,7,12H,4,6,8-10H2,1H3. The zero-order chi connectivity index (χ0) is 11.1. The van der Waals surface area contributed by atoms with Crippen molar-refractivity contribution in [2.45, 2.75) is 39.0 Å². The Morgan fingerprint density at radius 1 is 1.33 bits per heavy atom. The molecular formula is C13H18O2. The van der Waals surface area contributed by atoms with Crippen LogP contribution in [0, 0.1) is 5.92 Å². The molecule has 0 saturated heterocycles. The summed E-state index contributed by atoms with van der Waals surface area (Å²) >= 11 is 0. The van der Waals surface area contributed by atoms with E-state index in [1.54, 1.807) is 0 Å². The Kier molecular flexibility index (Phi) is 5.02. The second kappa shape index (κ2) is 6.33. The summed E-state index contributed by atoms with van der Waals surface area (Å²) in [6.07, 6.45) is 12.1. The van der Waals surface area contributed by atoms with Crippen molar-refractivity contribution in [1.82, 2.24) is 0 Å². The summed E-state index contributed by atoms with van der Waals surface area (Å²) in [6, 6.07) is 0. The molecule has 0 heterocycles. The van der Waals surface area contributed by atoms with Gasteiger partial charge in [-0.15, -0.1) is 0 Å². The number of rotatable bonds is 4. The van der Waals surface area contributed by atoms with Gasteiger partial charge in [0.15, 0.2) is 0 Å². The molecule has 0 radical (unpaired) electrons. The first-order valence-electron chi connectivity index (χ1n) is 5.53. The molecule has 0 aromatic carbocycles. The number of carbonyl (C=O) groups is 2. The SMILES string of the molecule is CC(=O)CC(=O)CC1C=CC=CCCC1. The first-order valence-corrected chi connectivity index (χ1v) is 5.53. The van der Waals surface area contributed by atoms with Crippen LogP contribution < -0.4 is 0 Å². The summed E-state index contributed by atoms with van der Waals surface area (Å²) in [6.45, 7) is 1.47. The largest absolute Gasteiger partial charge is 0.300 e.